The van der Waals surface area contributed by atoms with E-state index in [0.29, 0.717) is 0 Å². The van der Waals surface area contributed by atoms with Crippen LogP contribution in [0.4, 0.5) is 5.95 Å². The van der Waals surface area contributed by atoms with Gasteiger partial charge in [-0.3, -0.25) is 4.98 Å². The predicted molar refractivity (Wildman–Crippen MR) is 78.3 cm³/mol. The molecule has 0 aliphatic carbocycles. The maximum atomic E-state index is 4.45. The number of nitrogens with one attached hydrogen (secondary N) is 1. The number of hydrogen-bond donors (Lipinski definition) is 1. The molecule has 0 bridgehead atoms. The molecular weight excluding hydrogens is 250 g/mol. The van der Waals surface area contributed by atoms with Gasteiger partial charge >= 0.3 is 0 Å². The van der Waals surface area contributed by atoms with E-state index >= 15 is 0 Å². The van der Waals surface area contributed by atoms with Crippen LogP contribution in [0, 0.1) is 0 Å². The molecule has 0 radical (unpaired) electrons. The number of pyridine rings is 1. The van der Waals surface area contributed by atoms with Crippen molar-refractivity contribution in [2.75, 3.05) is 18.0 Å². The van der Waals surface area contributed by atoms with Crippen LogP contribution < -0.4 is 10.2 Å². The maximum absolute atomic E-state index is 4.45. The van der Waals surface area contributed by atoms with Crippen molar-refractivity contribution in [1.82, 2.24) is 20.3 Å². The van der Waals surface area contributed by atoms with E-state index in [1.54, 1.807) is 6.20 Å². The molecule has 0 aromatic carbocycles. The van der Waals surface area contributed by atoms with Crippen molar-refractivity contribution in [3.63, 3.8) is 0 Å². The molecule has 3 heterocycles. The van der Waals surface area contributed by atoms with Crippen LogP contribution in [0.5, 0.6) is 0 Å². The molecule has 5 nitrogen and oxygen atoms in total. The largest absolute Gasteiger partial charge is 0.341 e. The van der Waals surface area contributed by atoms with Gasteiger partial charge in [0.05, 0.1) is 0 Å². The van der Waals surface area contributed by atoms with Gasteiger partial charge in [-0.15, -0.1) is 0 Å². The van der Waals surface area contributed by atoms with Crippen molar-refractivity contribution >= 4 is 5.95 Å². The van der Waals surface area contributed by atoms with Gasteiger partial charge in [-0.2, -0.15) is 0 Å². The van der Waals surface area contributed by atoms with Gasteiger partial charge in [-0.25, -0.2) is 9.97 Å². The predicted octanol–water partition coefficient (Wildman–Crippen LogP) is 1.76. The molecular formula is C15H19N5. The van der Waals surface area contributed by atoms with Crippen LogP contribution in [0.1, 0.15) is 24.0 Å². The molecule has 104 valence electrons. The molecule has 5 heteroatoms. The Labute approximate surface area is 119 Å². The first-order valence-corrected chi connectivity index (χ1v) is 7.07. The highest BCUT2D eigenvalue weighted by atomic mass is 15.3. The van der Waals surface area contributed by atoms with Crippen molar-refractivity contribution in [3.8, 4) is 0 Å². The summed E-state index contributed by atoms with van der Waals surface area (Å²) in [5.41, 5.74) is 2.29. The molecule has 1 aliphatic rings. The van der Waals surface area contributed by atoms with Gasteiger partial charge < -0.3 is 10.2 Å². The lowest BCUT2D eigenvalue weighted by Crippen LogP contribution is -2.20. The van der Waals surface area contributed by atoms with Crippen LogP contribution in [-0.4, -0.2) is 28.0 Å². The summed E-state index contributed by atoms with van der Waals surface area (Å²) in [5, 5.41) is 3.37. The van der Waals surface area contributed by atoms with Gasteiger partial charge in [0.25, 0.3) is 0 Å². The first kappa shape index (κ1) is 13.0. The van der Waals surface area contributed by atoms with E-state index in [2.05, 4.69) is 31.2 Å². The third-order valence-electron chi connectivity index (χ3n) is 3.46. The summed E-state index contributed by atoms with van der Waals surface area (Å²) in [6, 6.07) is 4.01. The third kappa shape index (κ3) is 3.30. The van der Waals surface area contributed by atoms with Crippen molar-refractivity contribution < 1.29 is 0 Å². The Hall–Kier alpha value is -2.01. The summed E-state index contributed by atoms with van der Waals surface area (Å²) >= 11 is 0. The van der Waals surface area contributed by atoms with E-state index in [4.69, 9.17) is 0 Å². The zero-order chi connectivity index (χ0) is 13.6. The monoisotopic (exact) mass is 269 g/mol. The second kappa shape index (κ2) is 6.43. The Balaban J connectivity index is 1.50. The standard InChI is InChI=1S/C15H19N5/c1-2-7-20(6-1)15-18-11-14(12-19-15)10-17-9-13-4-3-5-16-8-13/h3-5,8,11-12,17H,1-2,6-7,9-10H2. The number of hydrogen-bond acceptors (Lipinski definition) is 5. The molecule has 0 spiro atoms. The van der Waals surface area contributed by atoms with Gasteiger partial charge in [0.2, 0.25) is 5.95 Å². The zero-order valence-corrected chi connectivity index (χ0v) is 11.5. The molecule has 1 fully saturated rings. The number of aromatic nitrogens is 3. The van der Waals surface area contributed by atoms with Gasteiger partial charge in [0.15, 0.2) is 0 Å². The highest BCUT2D eigenvalue weighted by molar-refractivity contribution is 5.30. The first-order valence-electron chi connectivity index (χ1n) is 7.07. The summed E-state index contributed by atoms with van der Waals surface area (Å²) in [6.45, 7) is 3.74. The normalized spacial score (nSPS) is 14.7. The smallest absolute Gasteiger partial charge is 0.225 e. The van der Waals surface area contributed by atoms with Gasteiger partial charge in [0, 0.05) is 56.5 Å². The minimum Gasteiger partial charge on any atom is -0.341 e. The topological polar surface area (TPSA) is 53.9 Å². The summed E-state index contributed by atoms with van der Waals surface area (Å²) in [4.78, 5) is 15.2. The lowest BCUT2D eigenvalue weighted by Gasteiger charge is -2.14. The van der Waals surface area contributed by atoms with Crippen molar-refractivity contribution in [2.45, 2.75) is 25.9 Å². The Kier molecular flexibility index (Phi) is 4.18. The van der Waals surface area contributed by atoms with Crippen LogP contribution in [0.3, 0.4) is 0 Å². The zero-order valence-electron chi connectivity index (χ0n) is 11.5. The molecule has 0 amide bonds. The lowest BCUT2D eigenvalue weighted by atomic mass is 10.3. The number of rotatable bonds is 5. The van der Waals surface area contributed by atoms with Gasteiger partial charge in [-0.1, -0.05) is 6.07 Å². The Morgan fingerprint density at radius 3 is 2.45 bits per heavy atom. The summed E-state index contributed by atoms with van der Waals surface area (Å²) in [6.07, 6.45) is 9.98. The molecule has 2 aromatic heterocycles. The van der Waals surface area contributed by atoms with E-state index in [1.165, 1.54) is 18.4 Å². The molecule has 0 unspecified atom stereocenters. The Morgan fingerprint density at radius 1 is 1.00 bits per heavy atom. The fourth-order valence-corrected chi connectivity index (χ4v) is 2.37. The molecule has 1 saturated heterocycles. The molecule has 20 heavy (non-hydrogen) atoms. The van der Waals surface area contributed by atoms with Crippen molar-refractivity contribution in [3.05, 3.63) is 48.0 Å². The molecule has 1 N–H and O–H groups in total. The fourth-order valence-electron chi connectivity index (χ4n) is 2.37. The van der Waals surface area contributed by atoms with Crippen molar-refractivity contribution in [1.29, 1.82) is 0 Å². The molecule has 1 aliphatic heterocycles. The number of nitrogens with zero attached hydrogens (tertiary/aromatic N) is 4. The Morgan fingerprint density at radius 2 is 1.75 bits per heavy atom. The van der Waals surface area contributed by atoms with Crippen LogP contribution >= 0.6 is 0 Å². The van der Waals surface area contributed by atoms with Crippen LogP contribution in [0.15, 0.2) is 36.9 Å². The quantitative estimate of drug-likeness (QED) is 0.896. The first-order chi connectivity index (χ1) is 9.92. The highest BCUT2D eigenvalue weighted by Gasteiger charge is 2.14. The minimum absolute atomic E-state index is 0.773. The summed E-state index contributed by atoms with van der Waals surface area (Å²) < 4.78 is 0. The van der Waals surface area contributed by atoms with E-state index < -0.39 is 0 Å². The van der Waals surface area contributed by atoms with Crippen LogP contribution in [0.25, 0.3) is 0 Å². The molecule has 0 atom stereocenters. The average molecular weight is 269 g/mol. The third-order valence-corrected chi connectivity index (χ3v) is 3.46. The SMILES string of the molecule is c1cncc(CNCc2cnc(N3CCCC3)nc2)c1. The van der Waals surface area contributed by atoms with Gasteiger partial charge in [-0.05, 0) is 24.5 Å². The summed E-state index contributed by atoms with van der Waals surface area (Å²) in [7, 11) is 0. The lowest BCUT2D eigenvalue weighted by molar-refractivity contribution is 0.686. The average Bonchev–Trinajstić information content (AvgIpc) is 3.03. The minimum atomic E-state index is 0.773. The van der Waals surface area contributed by atoms with E-state index in [9.17, 15) is 0 Å². The van der Waals surface area contributed by atoms with E-state index in [0.717, 1.165) is 37.7 Å². The second-order valence-electron chi connectivity index (χ2n) is 5.05. The molecule has 2 aromatic rings. The second-order valence-corrected chi connectivity index (χ2v) is 5.05. The molecule has 3 rings (SSSR count). The van der Waals surface area contributed by atoms with Gasteiger partial charge in [0.1, 0.15) is 0 Å². The molecule has 0 saturated carbocycles. The highest BCUT2D eigenvalue weighted by Crippen LogP contribution is 2.14. The van der Waals surface area contributed by atoms with Crippen molar-refractivity contribution in [2.24, 2.45) is 0 Å². The number of anilines is 1. The summed E-state index contributed by atoms with van der Waals surface area (Å²) in [5.74, 6) is 0.860. The van der Waals surface area contributed by atoms with E-state index in [-0.39, 0.29) is 0 Å². The maximum Gasteiger partial charge on any atom is 0.225 e. The Bertz CT molecular complexity index is 520. The van der Waals surface area contributed by atoms with Crippen LogP contribution in [-0.2, 0) is 13.1 Å². The fraction of sp³-hybridized carbons (Fsp3) is 0.400. The van der Waals surface area contributed by atoms with Crippen LogP contribution in [0.2, 0.25) is 0 Å². The van der Waals surface area contributed by atoms with E-state index in [1.807, 2.05) is 24.7 Å².